The van der Waals surface area contributed by atoms with Gasteiger partial charge in [0.05, 0.1) is 11.2 Å². The van der Waals surface area contributed by atoms with Crippen molar-refractivity contribution < 1.29 is 9.31 Å². The van der Waals surface area contributed by atoms with Crippen molar-refractivity contribution in [3.05, 3.63) is 29.3 Å². The molecular formula is C15H24BNO2. The van der Waals surface area contributed by atoms with Crippen molar-refractivity contribution in [1.29, 1.82) is 0 Å². The lowest BCUT2D eigenvalue weighted by Gasteiger charge is -2.32. The normalized spacial score (nSPS) is 20.8. The van der Waals surface area contributed by atoms with Gasteiger partial charge in [0.1, 0.15) is 0 Å². The van der Waals surface area contributed by atoms with Gasteiger partial charge in [-0.2, -0.15) is 0 Å². The van der Waals surface area contributed by atoms with Crippen molar-refractivity contribution >= 4 is 12.6 Å². The smallest absolute Gasteiger partial charge is 0.399 e. The van der Waals surface area contributed by atoms with E-state index in [0.29, 0.717) is 0 Å². The first-order chi connectivity index (χ1) is 8.77. The van der Waals surface area contributed by atoms with Gasteiger partial charge in [0.2, 0.25) is 0 Å². The first kappa shape index (κ1) is 14.6. The maximum absolute atomic E-state index is 6.07. The average molecular weight is 261 g/mol. The van der Waals surface area contributed by atoms with Crippen molar-refractivity contribution in [2.45, 2.75) is 52.4 Å². The van der Waals surface area contributed by atoms with Crippen molar-refractivity contribution in [2.75, 3.05) is 7.05 Å². The molecule has 0 atom stereocenters. The van der Waals surface area contributed by atoms with Crippen LogP contribution in [0.1, 0.15) is 38.8 Å². The summed E-state index contributed by atoms with van der Waals surface area (Å²) in [6.07, 6.45) is 0. The van der Waals surface area contributed by atoms with E-state index in [-0.39, 0.29) is 18.3 Å². The second-order valence-corrected chi connectivity index (χ2v) is 6.30. The van der Waals surface area contributed by atoms with Gasteiger partial charge in [0.15, 0.2) is 0 Å². The highest BCUT2D eigenvalue weighted by molar-refractivity contribution is 6.62. The van der Waals surface area contributed by atoms with Gasteiger partial charge in [-0.15, -0.1) is 0 Å². The van der Waals surface area contributed by atoms with E-state index in [1.807, 2.05) is 7.05 Å². The van der Waals surface area contributed by atoms with E-state index >= 15 is 0 Å². The Bertz CT molecular complexity index is 455. The molecule has 0 unspecified atom stereocenters. The summed E-state index contributed by atoms with van der Waals surface area (Å²) in [4.78, 5) is 0. The predicted molar refractivity (Wildman–Crippen MR) is 79.7 cm³/mol. The summed E-state index contributed by atoms with van der Waals surface area (Å²) < 4.78 is 12.1. The molecule has 0 spiro atoms. The Morgan fingerprint density at radius 3 is 2.16 bits per heavy atom. The third-order valence-corrected chi connectivity index (χ3v) is 4.26. The Balaban J connectivity index is 2.23. The summed E-state index contributed by atoms with van der Waals surface area (Å²) in [5, 5.41) is 3.18. The Labute approximate surface area is 116 Å². The predicted octanol–water partition coefficient (Wildman–Crippen LogP) is 2.01. The molecule has 104 valence electrons. The van der Waals surface area contributed by atoms with Gasteiger partial charge in [0.25, 0.3) is 0 Å². The highest BCUT2D eigenvalue weighted by Gasteiger charge is 2.51. The summed E-state index contributed by atoms with van der Waals surface area (Å²) in [6.45, 7) is 11.3. The number of rotatable bonds is 3. The van der Waals surface area contributed by atoms with Gasteiger partial charge in [-0.05, 0) is 58.3 Å². The lowest BCUT2D eigenvalue weighted by molar-refractivity contribution is 0.00578. The van der Waals surface area contributed by atoms with Crippen LogP contribution in [-0.2, 0) is 15.9 Å². The maximum Gasteiger partial charge on any atom is 0.494 e. The minimum atomic E-state index is -0.283. The third kappa shape index (κ3) is 2.71. The van der Waals surface area contributed by atoms with Crippen LogP contribution in [-0.4, -0.2) is 25.4 Å². The molecule has 0 radical (unpaired) electrons. The summed E-state index contributed by atoms with van der Waals surface area (Å²) >= 11 is 0. The summed E-state index contributed by atoms with van der Waals surface area (Å²) in [5.41, 5.74) is 3.10. The fourth-order valence-electron chi connectivity index (χ4n) is 2.23. The van der Waals surface area contributed by atoms with Crippen LogP contribution in [0.3, 0.4) is 0 Å². The van der Waals surface area contributed by atoms with Crippen molar-refractivity contribution in [1.82, 2.24) is 5.32 Å². The minimum absolute atomic E-state index is 0.271. The zero-order valence-electron chi connectivity index (χ0n) is 12.8. The van der Waals surface area contributed by atoms with E-state index in [2.05, 4.69) is 58.1 Å². The molecule has 0 aliphatic carbocycles. The van der Waals surface area contributed by atoms with Crippen molar-refractivity contribution in [3.63, 3.8) is 0 Å². The van der Waals surface area contributed by atoms with E-state index in [9.17, 15) is 0 Å². The minimum Gasteiger partial charge on any atom is -0.399 e. The molecule has 0 amide bonds. The van der Waals surface area contributed by atoms with E-state index in [4.69, 9.17) is 9.31 Å². The Morgan fingerprint density at radius 2 is 1.68 bits per heavy atom. The molecule has 19 heavy (non-hydrogen) atoms. The summed E-state index contributed by atoms with van der Waals surface area (Å²) in [7, 11) is 1.69. The van der Waals surface area contributed by atoms with Crippen LogP contribution >= 0.6 is 0 Å². The summed E-state index contributed by atoms with van der Waals surface area (Å²) in [6, 6.07) is 6.41. The van der Waals surface area contributed by atoms with E-state index in [0.717, 1.165) is 12.0 Å². The Morgan fingerprint density at radius 1 is 1.11 bits per heavy atom. The molecule has 1 heterocycles. The number of benzene rings is 1. The molecular weight excluding hydrogens is 237 g/mol. The number of hydrogen-bond acceptors (Lipinski definition) is 3. The fraction of sp³-hybridized carbons (Fsp3) is 0.600. The van der Waals surface area contributed by atoms with Crippen LogP contribution in [0.2, 0.25) is 0 Å². The molecule has 0 saturated carbocycles. The second-order valence-electron chi connectivity index (χ2n) is 6.30. The maximum atomic E-state index is 6.07. The highest BCUT2D eigenvalue weighted by atomic mass is 16.7. The molecule has 1 aromatic carbocycles. The largest absolute Gasteiger partial charge is 0.494 e. The molecule has 3 nitrogen and oxygen atoms in total. The lowest BCUT2D eigenvalue weighted by atomic mass is 9.78. The van der Waals surface area contributed by atoms with Crippen molar-refractivity contribution in [2.24, 2.45) is 0 Å². The fourth-order valence-corrected chi connectivity index (χ4v) is 2.23. The van der Waals surface area contributed by atoms with E-state index in [1.165, 1.54) is 11.1 Å². The molecule has 4 heteroatoms. The Hall–Kier alpha value is -0.835. The van der Waals surface area contributed by atoms with Gasteiger partial charge >= 0.3 is 7.12 Å². The number of aryl methyl sites for hydroxylation is 1. The number of hydrogen-bond donors (Lipinski definition) is 1. The van der Waals surface area contributed by atoms with Gasteiger partial charge in [-0.3, -0.25) is 0 Å². The first-order valence-corrected chi connectivity index (χ1v) is 6.86. The van der Waals surface area contributed by atoms with Crippen LogP contribution in [0.15, 0.2) is 18.2 Å². The zero-order valence-corrected chi connectivity index (χ0v) is 12.8. The van der Waals surface area contributed by atoms with Crippen LogP contribution in [0.5, 0.6) is 0 Å². The standard InChI is InChI=1S/C15H24BNO2/c1-11-9-13(8-7-12(11)10-17-6)16-18-14(2,3)15(4,5)19-16/h7-9,17H,10H2,1-6H3. The van der Waals surface area contributed by atoms with Crippen molar-refractivity contribution in [3.8, 4) is 0 Å². The summed E-state index contributed by atoms with van der Waals surface area (Å²) in [5.74, 6) is 0. The first-order valence-electron chi connectivity index (χ1n) is 6.86. The van der Waals surface area contributed by atoms with E-state index < -0.39 is 0 Å². The highest BCUT2D eigenvalue weighted by Crippen LogP contribution is 2.36. The molecule has 1 aliphatic heterocycles. The topological polar surface area (TPSA) is 30.5 Å². The third-order valence-electron chi connectivity index (χ3n) is 4.26. The molecule has 1 aliphatic rings. The van der Waals surface area contributed by atoms with Crippen LogP contribution < -0.4 is 10.8 Å². The molecule has 0 bridgehead atoms. The van der Waals surface area contributed by atoms with Gasteiger partial charge < -0.3 is 14.6 Å². The molecule has 2 rings (SSSR count). The van der Waals surface area contributed by atoms with Crippen LogP contribution in [0.4, 0.5) is 0 Å². The molecule has 1 saturated heterocycles. The van der Waals surface area contributed by atoms with Crippen LogP contribution in [0, 0.1) is 6.92 Å². The quantitative estimate of drug-likeness (QED) is 0.844. The van der Waals surface area contributed by atoms with Crippen LogP contribution in [0.25, 0.3) is 0 Å². The molecule has 1 aromatic rings. The lowest BCUT2D eigenvalue weighted by Crippen LogP contribution is -2.41. The zero-order chi connectivity index (χ0) is 14.3. The SMILES string of the molecule is CNCc1ccc(B2OC(C)(C)C(C)(C)O2)cc1C. The molecule has 0 aromatic heterocycles. The van der Waals surface area contributed by atoms with E-state index in [1.54, 1.807) is 0 Å². The monoisotopic (exact) mass is 261 g/mol. The molecule has 1 N–H and O–H groups in total. The van der Waals surface area contributed by atoms with Gasteiger partial charge in [0, 0.05) is 6.54 Å². The average Bonchev–Trinajstić information content (AvgIpc) is 2.51. The molecule has 1 fully saturated rings. The second kappa shape index (κ2) is 4.93. The number of nitrogens with one attached hydrogen (secondary N) is 1. The van der Waals surface area contributed by atoms with Gasteiger partial charge in [-0.1, -0.05) is 18.2 Å². The van der Waals surface area contributed by atoms with Gasteiger partial charge in [-0.25, -0.2) is 0 Å². The Kier molecular flexibility index (Phi) is 3.78.